The molecule has 1 aliphatic rings. The molecule has 21 heavy (non-hydrogen) atoms. The van der Waals surface area contributed by atoms with Crippen LogP contribution in [0.1, 0.15) is 83.4 Å². The van der Waals surface area contributed by atoms with E-state index in [9.17, 15) is 0 Å². The first kappa shape index (κ1) is 16.5. The standard InChI is InChI=1S/C20H33N/c1-6-14-21-19(18-8-7-13-20(18,4)5)17-11-9-16(10-12-17)15(2)3/h9-12,15,18-19,21H,6-8,13-14H2,1-5H3. The van der Waals surface area contributed by atoms with E-state index in [2.05, 4.69) is 64.2 Å². The smallest absolute Gasteiger partial charge is 0.0353 e. The summed E-state index contributed by atoms with van der Waals surface area (Å²) in [7, 11) is 0. The predicted molar refractivity (Wildman–Crippen MR) is 92.7 cm³/mol. The van der Waals surface area contributed by atoms with Crippen LogP contribution in [0.2, 0.25) is 0 Å². The van der Waals surface area contributed by atoms with Crippen LogP contribution in [0, 0.1) is 11.3 Å². The second-order valence-electron chi connectivity index (χ2n) is 7.74. The summed E-state index contributed by atoms with van der Waals surface area (Å²) in [5, 5.41) is 3.83. The zero-order chi connectivity index (χ0) is 15.5. The SMILES string of the molecule is CCCNC(c1ccc(C(C)C)cc1)C1CCCC1(C)C. The largest absolute Gasteiger partial charge is 0.310 e. The summed E-state index contributed by atoms with van der Waals surface area (Å²) in [4.78, 5) is 0. The number of nitrogens with one attached hydrogen (secondary N) is 1. The van der Waals surface area contributed by atoms with Gasteiger partial charge in [0.1, 0.15) is 0 Å². The fraction of sp³-hybridized carbons (Fsp3) is 0.700. The lowest BCUT2D eigenvalue weighted by molar-refractivity contribution is 0.198. The van der Waals surface area contributed by atoms with Crippen molar-refractivity contribution in [2.45, 2.75) is 72.3 Å². The summed E-state index contributed by atoms with van der Waals surface area (Å²) < 4.78 is 0. The molecule has 1 saturated carbocycles. The van der Waals surface area contributed by atoms with Crippen LogP contribution in [0.25, 0.3) is 0 Å². The third-order valence-corrected chi connectivity index (χ3v) is 5.32. The van der Waals surface area contributed by atoms with Crippen LogP contribution >= 0.6 is 0 Å². The highest BCUT2D eigenvalue weighted by molar-refractivity contribution is 5.28. The van der Waals surface area contributed by atoms with Gasteiger partial charge in [0.15, 0.2) is 0 Å². The van der Waals surface area contributed by atoms with Crippen molar-refractivity contribution in [1.29, 1.82) is 0 Å². The van der Waals surface area contributed by atoms with E-state index >= 15 is 0 Å². The summed E-state index contributed by atoms with van der Waals surface area (Å²) in [6.07, 6.45) is 5.31. The Balaban J connectivity index is 2.23. The van der Waals surface area contributed by atoms with Gasteiger partial charge in [-0.1, -0.05) is 65.3 Å². The summed E-state index contributed by atoms with van der Waals surface area (Å²) in [6.45, 7) is 12.8. The van der Waals surface area contributed by atoms with Crippen molar-refractivity contribution in [3.8, 4) is 0 Å². The molecule has 0 aliphatic heterocycles. The van der Waals surface area contributed by atoms with Crippen molar-refractivity contribution in [2.24, 2.45) is 11.3 Å². The van der Waals surface area contributed by atoms with E-state index in [1.807, 2.05) is 0 Å². The number of rotatable bonds is 6. The first-order chi connectivity index (χ1) is 9.95. The monoisotopic (exact) mass is 287 g/mol. The van der Waals surface area contributed by atoms with E-state index in [4.69, 9.17) is 0 Å². The van der Waals surface area contributed by atoms with Gasteiger partial charge >= 0.3 is 0 Å². The Morgan fingerprint density at radius 1 is 1.14 bits per heavy atom. The van der Waals surface area contributed by atoms with Gasteiger partial charge in [-0.05, 0) is 54.2 Å². The van der Waals surface area contributed by atoms with E-state index in [-0.39, 0.29) is 0 Å². The van der Waals surface area contributed by atoms with E-state index in [0.29, 0.717) is 17.4 Å². The molecule has 2 rings (SSSR count). The third kappa shape index (κ3) is 3.88. The molecule has 0 radical (unpaired) electrons. The van der Waals surface area contributed by atoms with E-state index in [0.717, 1.165) is 12.5 Å². The molecule has 0 amide bonds. The second kappa shape index (κ2) is 6.96. The molecule has 2 unspecified atom stereocenters. The quantitative estimate of drug-likeness (QED) is 0.710. The summed E-state index contributed by atoms with van der Waals surface area (Å²) >= 11 is 0. The van der Waals surface area contributed by atoms with Crippen LogP contribution in [-0.2, 0) is 0 Å². The molecule has 1 N–H and O–H groups in total. The molecule has 1 fully saturated rings. The number of hydrogen-bond acceptors (Lipinski definition) is 1. The number of benzene rings is 1. The van der Waals surface area contributed by atoms with Gasteiger partial charge in [-0.2, -0.15) is 0 Å². The maximum absolute atomic E-state index is 3.83. The minimum atomic E-state index is 0.460. The van der Waals surface area contributed by atoms with Crippen LogP contribution in [0.4, 0.5) is 0 Å². The van der Waals surface area contributed by atoms with Crippen LogP contribution in [0.3, 0.4) is 0 Å². The van der Waals surface area contributed by atoms with Gasteiger partial charge in [0.05, 0.1) is 0 Å². The van der Waals surface area contributed by atoms with Crippen molar-refractivity contribution in [3.05, 3.63) is 35.4 Å². The van der Waals surface area contributed by atoms with Crippen molar-refractivity contribution in [2.75, 3.05) is 6.54 Å². The van der Waals surface area contributed by atoms with Gasteiger partial charge < -0.3 is 5.32 Å². The Labute approximate surface area is 131 Å². The maximum Gasteiger partial charge on any atom is 0.0353 e. The number of hydrogen-bond donors (Lipinski definition) is 1. The van der Waals surface area contributed by atoms with Gasteiger partial charge in [-0.3, -0.25) is 0 Å². The Kier molecular flexibility index (Phi) is 5.48. The first-order valence-electron chi connectivity index (χ1n) is 8.79. The molecule has 0 saturated heterocycles. The maximum atomic E-state index is 3.83. The lowest BCUT2D eigenvalue weighted by atomic mass is 9.75. The van der Waals surface area contributed by atoms with Gasteiger partial charge in [-0.25, -0.2) is 0 Å². The van der Waals surface area contributed by atoms with E-state index in [1.165, 1.54) is 36.8 Å². The van der Waals surface area contributed by atoms with Crippen LogP contribution in [0.5, 0.6) is 0 Å². The lowest BCUT2D eigenvalue weighted by Crippen LogP contribution is -2.34. The molecule has 1 nitrogen and oxygen atoms in total. The molecule has 0 spiro atoms. The molecular formula is C20H33N. The van der Waals surface area contributed by atoms with E-state index in [1.54, 1.807) is 0 Å². The average molecular weight is 287 g/mol. The highest BCUT2D eigenvalue weighted by Crippen LogP contribution is 2.48. The van der Waals surface area contributed by atoms with E-state index < -0.39 is 0 Å². The first-order valence-corrected chi connectivity index (χ1v) is 8.79. The molecular weight excluding hydrogens is 254 g/mol. The normalized spacial score (nSPS) is 22.7. The second-order valence-corrected chi connectivity index (χ2v) is 7.74. The third-order valence-electron chi connectivity index (χ3n) is 5.32. The highest BCUT2D eigenvalue weighted by atomic mass is 14.9. The van der Waals surface area contributed by atoms with Crippen molar-refractivity contribution >= 4 is 0 Å². The molecule has 118 valence electrons. The van der Waals surface area contributed by atoms with Gasteiger partial charge in [0.2, 0.25) is 0 Å². The van der Waals surface area contributed by atoms with Crippen LogP contribution < -0.4 is 5.32 Å². The van der Waals surface area contributed by atoms with Crippen molar-refractivity contribution < 1.29 is 0 Å². The summed E-state index contributed by atoms with van der Waals surface area (Å²) in [6, 6.07) is 9.88. The van der Waals surface area contributed by atoms with Gasteiger partial charge in [0, 0.05) is 6.04 Å². The summed E-state index contributed by atoms with van der Waals surface area (Å²) in [5.41, 5.74) is 3.38. The molecule has 0 bridgehead atoms. The Bertz CT molecular complexity index is 430. The highest BCUT2D eigenvalue weighted by Gasteiger charge is 2.39. The predicted octanol–water partition coefficient (Wildman–Crippen LogP) is 5.68. The lowest BCUT2D eigenvalue weighted by Gasteiger charge is -2.35. The van der Waals surface area contributed by atoms with Crippen LogP contribution in [0.15, 0.2) is 24.3 Å². The zero-order valence-electron chi connectivity index (χ0n) is 14.6. The zero-order valence-corrected chi connectivity index (χ0v) is 14.6. The molecule has 1 aromatic carbocycles. The van der Waals surface area contributed by atoms with Gasteiger partial charge in [-0.15, -0.1) is 0 Å². The molecule has 0 heterocycles. The minimum Gasteiger partial charge on any atom is -0.310 e. The Morgan fingerprint density at radius 2 is 1.76 bits per heavy atom. The average Bonchev–Trinajstić information content (AvgIpc) is 2.80. The minimum absolute atomic E-state index is 0.460. The van der Waals surface area contributed by atoms with Gasteiger partial charge in [0.25, 0.3) is 0 Å². The molecule has 1 heteroatoms. The molecule has 1 aliphatic carbocycles. The fourth-order valence-corrected chi connectivity index (χ4v) is 3.85. The van der Waals surface area contributed by atoms with Crippen LogP contribution in [-0.4, -0.2) is 6.54 Å². The Morgan fingerprint density at radius 3 is 2.24 bits per heavy atom. The molecule has 0 aromatic heterocycles. The molecule has 2 atom stereocenters. The van der Waals surface area contributed by atoms with Crippen molar-refractivity contribution in [1.82, 2.24) is 5.32 Å². The Hall–Kier alpha value is -0.820. The topological polar surface area (TPSA) is 12.0 Å². The summed E-state index contributed by atoms with van der Waals surface area (Å²) in [5.74, 6) is 1.37. The molecule has 1 aromatic rings. The van der Waals surface area contributed by atoms with Crippen molar-refractivity contribution in [3.63, 3.8) is 0 Å². The fourth-order valence-electron chi connectivity index (χ4n) is 3.85.